The van der Waals surface area contributed by atoms with E-state index in [1.807, 2.05) is 30.3 Å². The van der Waals surface area contributed by atoms with Gasteiger partial charge in [0.25, 0.3) is 11.6 Å². The maximum atomic E-state index is 12.8. The van der Waals surface area contributed by atoms with Gasteiger partial charge in [-0.1, -0.05) is 30.3 Å². The van der Waals surface area contributed by atoms with Crippen LogP contribution in [0.5, 0.6) is 0 Å². The van der Waals surface area contributed by atoms with Gasteiger partial charge in [0.1, 0.15) is 5.54 Å². The number of hydrogen-bond acceptors (Lipinski definition) is 5. The third kappa shape index (κ3) is 3.76. The van der Waals surface area contributed by atoms with Gasteiger partial charge in [0.05, 0.1) is 4.92 Å². The van der Waals surface area contributed by atoms with Crippen molar-refractivity contribution in [1.29, 1.82) is 0 Å². The number of non-ortho nitro benzene ring substituents is 1. The largest absolute Gasteiger partial charge is 0.357 e. The molecule has 28 heavy (non-hydrogen) atoms. The molecule has 0 aliphatic carbocycles. The fraction of sp³-hybridized carbons (Fsp3) is 0.167. The summed E-state index contributed by atoms with van der Waals surface area (Å²) in [6.07, 6.45) is 0. The van der Waals surface area contributed by atoms with Gasteiger partial charge in [-0.3, -0.25) is 20.3 Å². The molecule has 0 bridgehead atoms. The van der Waals surface area contributed by atoms with E-state index in [1.54, 1.807) is 0 Å². The molecule has 2 aromatic carbocycles. The molecule has 9 nitrogen and oxygen atoms in total. The molecular formula is C18H17N5O4S. The van der Waals surface area contributed by atoms with E-state index in [0.29, 0.717) is 12.1 Å². The Labute approximate surface area is 165 Å². The summed E-state index contributed by atoms with van der Waals surface area (Å²) in [6.45, 7) is 1.95. The van der Waals surface area contributed by atoms with Crippen LogP contribution in [0, 0.1) is 10.1 Å². The molecule has 0 aromatic heterocycles. The lowest BCUT2D eigenvalue weighted by Crippen LogP contribution is -2.51. The predicted octanol–water partition coefficient (Wildman–Crippen LogP) is 1.94. The van der Waals surface area contributed by atoms with Gasteiger partial charge in [0.2, 0.25) is 0 Å². The zero-order valence-corrected chi connectivity index (χ0v) is 15.7. The maximum absolute atomic E-state index is 12.8. The van der Waals surface area contributed by atoms with Crippen LogP contribution in [0.25, 0.3) is 0 Å². The number of imide groups is 1. The second-order valence-corrected chi connectivity index (χ2v) is 6.69. The minimum Gasteiger partial charge on any atom is -0.357 e. The van der Waals surface area contributed by atoms with Gasteiger partial charge in [-0.2, -0.15) is 5.01 Å². The van der Waals surface area contributed by atoms with E-state index >= 15 is 0 Å². The quantitative estimate of drug-likeness (QED) is 0.304. The number of amides is 3. The molecule has 144 valence electrons. The molecule has 0 unspecified atom stereocenters. The highest BCUT2D eigenvalue weighted by atomic mass is 32.1. The van der Waals surface area contributed by atoms with Gasteiger partial charge in [0.15, 0.2) is 5.11 Å². The number of hydrogen-bond donors (Lipinski definition) is 3. The SMILES string of the molecule is C[C@]1(c2ccc([N+](=O)[O-])cc2)NC(=O)N(NC(=S)NCc2ccccc2)C1=O. The highest BCUT2D eigenvalue weighted by molar-refractivity contribution is 7.80. The maximum Gasteiger partial charge on any atom is 0.344 e. The fourth-order valence-electron chi connectivity index (χ4n) is 2.77. The van der Waals surface area contributed by atoms with E-state index in [0.717, 1.165) is 10.6 Å². The van der Waals surface area contributed by atoms with Crippen molar-refractivity contribution < 1.29 is 14.5 Å². The first-order valence-corrected chi connectivity index (χ1v) is 8.72. The van der Waals surface area contributed by atoms with Crippen molar-refractivity contribution in [3.05, 3.63) is 75.8 Å². The van der Waals surface area contributed by atoms with E-state index in [-0.39, 0.29) is 10.8 Å². The van der Waals surface area contributed by atoms with E-state index in [1.165, 1.54) is 31.2 Å². The van der Waals surface area contributed by atoms with Crippen LogP contribution in [-0.2, 0) is 16.9 Å². The van der Waals surface area contributed by atoms with E-state index in [9.17, 15) is 19.7 Å². The molecule has 3 rings (SSSR count). The normalized spacial score (nSPS) is 18.5. The van der Waals surface area contributed by atoms with Crippen molar-refractivity contribution in [3.63, 3.8) is 0 Å². The smallest absolute Gasteiger partial charge is 0.344 e. The third-order valence-electron chi connectivity index (χ3n) is 4.36. The Morgan fingerprint density at radius 2 is 1.82 bits per heavy atom. The number of nitro benzene ring substituents is 1. The van der Waals surface area contributed by atoms with Crippen LogP contribution in [0.2, 0.25) is 0 Å². The van der Waals surface area contributed by atoms with Crippen LogP contribution in [0.4, 0.5) is 10.5 Å². The molecule has 3 amide bonds. The Balaban J connectivity index is 1.68. The second kappa shape index (κ2) is 7.61. The van der Waals surface area contributed by atoms with E-state index < -0.39 is 22.4 Å². The highest BCUT2D eigenvalue weighted by Gasteiger charge is 2.49. The number of nitrogens with zero attached hydrogens (tertiary/aromatic N) is 2. The number of benzene rings is 2. The number of carbonyl (C=O) groups is 2. The molecule has 1 fully saturated rings. The lowest BCUT2D eigenvalue weighted by atomic mass is 9.92. The van der Waals surface area contributed by atoms with Gasteiger partial charge in [-0.25, -0.2) is 4.79 Å². The van der Waals surface area contributed by atoms with Crippen molar-refractivity contribution in [2.75, 3.05) is 0 Å². The molecule has 0 saturated carbocycles. The first-order chi connectivity index (χ1) is 13.3. The van der Waals surface area contributed by atoms with Crippen molar-refractivity contribution >= 4 is 35.0 Å². The van der Waals surface area contributed by atoms with Gasteiger partial charge >= 0.3 is 6.03 Å². The number of nitrogens with one attached hydrogen (secondary N) is 3. The van der Waals surface area contributed by atoms with Gasteiger partial charge in [-0.05, 0) is 42.4 Å². The topological polar surface area (TPSA) is 117 Å². The Morgan fingerprint density at radius 1 is 1.18 bits per heavy atom. The number of urea groups is 1. The molecular weight excluding hydrogens is 382 g/mol. The highest BCUT2D eigenvalue weighted by Crippen LogP contribution is 2.29. The molecule has 1 aliphatic rings. The Kier molecular flexibility index (Phi) is 5.23. The van der Waals surface area contributed by atoms with Crippen LogP contribution in [0.15, 0.2) is 54.6 Å². The van der Waals surface area contributed by atoms with Crippen molar-refractivity contribution in [2.45, 2.75) is 19.0 Å². The summed E-state index contributed by atoms with van der Waals surface area (Å²) in [6, 6.07) is 14.3. The minimum absolute atomic E-state index is 0.106. The molecule has 0 spiro atoms. The second-order valence-electron chi connectivity index (χ2n) is 6.28. The predicted molar refractivity (Wildman–Crippen MR) is 105 cm³/mol. The zero-order valence-electron chi connectivity index (χ0n) is 14.8. The van der Waals surface area contributed by atoms with Crippen LogP contribution in [0.1, 0.15) is 18.1 Å². The average Bonchev–Trinajstić information content (AvgIpc) is 2.91. The summed E-state index contributed by atoms with van der Waals surface area (Å²) in [7, 11) is 0. The molecule has 1 saturated heterocycles. The number of hydrazine groups is 1. The summed E-state index contributed by atoms with van der Waals surface area (Å²) in [5, 5.41) is 17.2. The lowest BCUT2D eigenvalue weighted by molar-refractivity contribution is -0.384. The number of rotatable bonds is 5. The van der Waals surface area contributed by atoms with Gasteiger partial charge in [-0.15, -0.1) is 0 Å². The first-order valence-electron chi connectivity index (χ1n) is 8.31. The number of carbonyl (C=O) groups excluding carboxylic acids is 2. The Hall–Kier alpha value is -3.53. The molecule has 0 radical (unpaired) electrons. The van der Waals surface area contributed by atoms with Crippen LogP contribution in [0.3, 0.4) is 0 Å². The van der Waals surface area contributed by atoms with Crippen LogP contribution in [-0.4, -0.2) is 27.0 Å². The first kappa shape index (κ1) is 19.2. The number of thiocarbonyl (C=S) groups is 1. The summed E-state index contributed by atoms with van der Waals surface area (Å²) in [4.78, 5) is 35.4. The van der Waals surface area contributed by atoms with Gasteiger partial charge in [0, 0.05) is 18.7 Å². The van der Waals surface area contributed by atoms with Crippen LogP contribution < -0.4 is 16.1 Å². The zero-order chi connectivity index (χ0) is 20.3. The lowest BCUT2D eigenvalue weighted by Gasteiger charge is -2.22. The molecule has 10 heteroatoms. The summed E-state index contributed by atoms with van der Waals surface area (Å²) < 4.78 is 0. The summed E-state index contributed by atoms with van der Waals surface area (Å²) in [5.74, 6) is -0.574. The monoisotopic (exact) mass is 399 g/mol. The minimum atomic E-state index is -1.37. The Bertz CT molecular complexity index is 935. The molecule has 3 N–H and O–H groups in total. The fourth-order valence-corrected chi connectivity index (χ4v) is 2.94. The molecule has 1 heterocycles. The van der Waals surface area contributed by atoms with Crippen molar-refractivity contribution in [1.82, 2.24) is 21.1 Å². The van der Waals surface area contributed by atoms with E-state index in [4.69, 9.17) is 12.2 Å². The third-order valence-corrected chi connectivity index (χ3v) is 4.59. The van der Waals surface area contributed by atoms with Gasteiger partial charge < -0.3 is 10.6 Å². The molecule has 2 aromatic rings. The number of nitro groups is 1. The summed E-state index contributed by atoms with van der Waals surface area (Å²) >= 11 is 5.16. The van der Waals surface area contributed by atoms with Crippen LogP contribution >= 0.6 is 12.2 Å². The Morgan fingerprint density at radius 3 is 2.43 bits per heavy atom. The molecule has 1 aliphatic heterocycles. The van der Waals surface area contributed by atoms with Crippen molar-refractivity contribution in [2.24, 2.45) is 0 Å². The van der Waals surface area contributed by atoms with Crippen molar-refractivity contribution in [3.8, 4) is 0 Å². The molecule has 1 atom stereocenters. The average molecular weight is 399 g/mol. The standard InChI is InChI=1S/C18H17N5O4S/c1-18(13-7-9-14(10-8-13)23(26)27)15(24)22(17(25)20-18)21-16(28)19-11-12-5-3-2-4-6-12/h2-10H,11H2,1H3,(H,20,25)(H2,19,21,28)/t18-/m1/s1. The van der Waals surface area contributed by atoms with E-state index in [2.05, 4.69) is 16.1 Å². The summed E-state index contributed by atoms with van der Waals surface area (Å²) in [5.41, 5.74) is 2.52.